The maximum Gasteiger partial charge on any atom is 0.235 e. The first-order valence-electron chi connectivity index (χ1n) is 5.85. The molecular weight excluding hydrogens is 310 g/mol. The Labute approximate surface area is 128 Å². The van der Waals surface area contributed by atoms with Crippen LogP contribution in [0.25, 0.3) is 0 Å². The van der Waals surface area contributed by atoms with E-state index in [1.165, 1.54) is 25.0 Å². The molecule has 0 saturated carbocycles. The van der Waals surface area contributed by atoms with Gasteiger partial charge in [-0.1, -0.05) is 11.8 Å². The number of thiophene rings is 1. The van der Waals surface area contributed by atoms with Crippen LogP contribution in [0.2, 0.25) is 0 Å². The zero-order valence-corrected chi connectivity index (χ0v) is 12.9. The molecule has 9 heteroatoms. The number of ketones is 1. The molecule has 0 aliphatic carbocycles. The molecule has 0 spiro atoms. The number of nitrogens with one attached hydrogen (secondary N) is 2. The van der Waals surface area contributed by atoms with Crippen LogP contribution in [0.5, 0.6) is 0 Å². The molecule has 0 aromatic carbocycles. The van der Waals surface area contributed by atoms with Gasteiger partial charge in [0.05, 0.1) is 16.2 Å². The summed E-state index contributed by atoms with van der Waals surface area (Å²) in [6.45, 7) is 3.13. The van der Waals surface area contributed by atoms with E-state index in [-0.39, 0.29) is 17.4 Å². The molecule has 2 aromatic heterocycles. The van der Waals surface area contributed by atoms with Gasteiger partial charge in [0.15, 0.2) is 10.9 Å². The molecular formula is C12H11N5O2S2. The minimum absolute atomic E-state index is 0.120. The topological polar surface area (TPSA) is 112 Å². The lowest BCUT2D eigenvalue weighted by atomic mass is 10.1. The highest BCUT2D eigenvalue weighted by atomic mass is 32.2. The Kier molecular flexibility index (Phi) is 4.72. The molecule has 0 radical (unpaired) electrons. The maximum atomic E-state index is 11.9. The lowest BCUT2D eigenvalue weighted by Crippen LogP contribution is -2.14. The second-order valence-electron chi connectivity index (χ2n) is 4.06. The minimum atomic E-state index is -0.274. The second kappa shape index (κ2) is 6.51. The van der Waals surface area contributed by atoms with Gasteiger partial charge >= 0.3 is 0 Å². The van der Waals surface area contributed by atoms with Crippen molar-refractivity contribution >= 4 is 39.8 Å². The van der Waals surface area contributed by atoms with Crippen LogP contribution < -0.4 is 5.32 Å². The van der Waals surface area contributed by atoms with Crippen LogP contribution >= 0.6 is 23.1 Å². The number of carbonyl (C=O) groups is 2. The SMILES string of the molecule is CC(=O)c1sc(NC(=O)CSc2ncn[nH]2)c(C#N)c1C. The van der Waals surface area contributed by atoms with Crippen molar-refractivity contribution in [1.82, 2.24) is 15.2 Å². The van der Waals surface area contributed by atoms with Crippen molar-refractivity contribution in [3.63, 3.8) is 0 Å². The number of Topliss-reactive ketones (excluding diaryl/α,β-unsaturated/α-hetero) is 1. The van der Waals surface area contributed by atoms with Crippen molar-refractivity contribution in [1.29, 1.82) is 5.26 Å². The van der Waals surface area contributed by atoms with Gasteiger partial charge in [-0.2, -0.15) is 10.4 Å². The first kappa shape index (κ1) is 15.2. The molecule has 2 aromatic rings. The molecule has 0 aliphatic heterocycles. The third-order valence-corrected chi connectivity index (χ3v) is 4.75. The highest BCUT2D eigenvalue weighted by Gasteiger charge is 2.19. The molecule has 0 fully saturated rings. The molecule has 21 heavy (non-hydrogen) atoms. The normalized spacial score (nSPS) is 10.1. The van der Waals surface area contributed by atoms with E-state index >= 15 is 0 Å². The number of H-pyrrole nitrogens is 1. The quantitative estimate of drug-likeness (QED) is 0.643. The van der Waals surface area contributed by atoms with Crippen molar-refractivity contribution in [3.8, 4) is 6.07 Å². The summed E-state index contributed by atoms with van der Waals surface area (Å²) in [4.78, 5) is 27.7. The number of hydrogen-bond acceptors (Lipinski definition) is 7. The highest BCUT2D eigenvalue weighted by molar-refractivity contribution is 7.99. The lowest BCUT2D eigenvalue weighted by molar-refractivity contribution is -0.113. The number of aromatic nitrogens is 3. The van der Waals surface area contributed by atoms with Gasteiger partial charge < -0.3 is 5.32 Å². The van der Waals surface area contributed by atoms with Crippen LogP contribution in [0, 0.1) is 18.3 Å². The average molecular weight is 321 g/mol. The highest BCUT2D eigenvalue weighted by Crippen LogP contribution is 2.32. The summed E-state index contributed by atoms with van der Waals surface area (Å²) in [5.41, 5.74) is 0.941. The first-order valence-corrected chi connectivity index (χ1v) is 7.65. The standard InChI is InChI=1S/C12H11N5O2S2/c1-6-8(3-13)11(21-10(6)7(2)18)16-9(19)4-20-12-14-5-15-17-12/h5H,4H2,1-2H3,(H,16,19)(H,14,15,17). The van der Waals surface area contributed by atoms with Crippen LogP contribution in [-0.4, -0.2) is 32.6 Å². The second-order valence-corrected chi connectivity index (χ2v) is 6.04. The van der Waals surface area contributed by atoms with Gasteiger partial charge in [0.2, 0.25) is 5.91 Å². The van der Waals surface area contributed by atoms with Crippen molar-refractivity contribution in [2.24, 2.45) is 0 Å². The number of nitriles is 1. The first-order chi connectivity index (χ1) is 10.0. The zero-order chi connectivity index (χ0) is 15.4. The molecule has 0 atom stereocenters. The molecule has 108 valence electrons. The number of aromatic amines is 1. The Balaban J connectivity index is 2.08. The number of nitrogens with zero attached hydrogens (tertiary/aromatic N) is 3. The van der Waals surface area contributed by atoms with E-state index in [4.69, 9.17) is 5.26 Å². The molecule has 0 unspecified atom stereocenters. The Bertz CT molecular complexity index is 715. The van der Waals surface area contributed by atoms with E-state index in [1.54, 1.807) is 6.92 Å². The summed E-state index contributed by atoms with van der Waals surface area (Å²) < 4.78 is 0. The number of amides is 1. The fourth-order valence-corrected chi connectivity index (χ4v) is 3.28. The molecule has 2 rings (SSSR count). The summed E-state index contributed by atoms with van der Waals surface area (Å²) in [6.07, 6.45) is 1.36. The summed E-state index contributed by atoms with van der Waals surface area (Å²) in [5.74, 6) is -0.262. The van der Waals surface area contributed by atoms with Gasteiger partial charge in [-0.25, -0.2) is 4.98 Å². The molecule has 0 saturated heterocycles. The van der Waals surface area contributed by atoms with Gasteiger partial charge in [-0.3, -0.25) is 14.7 Å². The van der Waals surface area contributed by atoms with E-state index in [1.807, 2.05) is 6.07 Å². The van der Waals surface area contributed by atoms with E-state index in [9.17, 15) is 9.59 Å². The number of rotatable bonds is 5. The van der Waals surface area contributed by atoms with E-state index in [0.29, 0.717) is 26.2 Å². The van der Waals surface area contributed by atoms with Crippen LogP contribution in [0.1, 0.15) is 27.7 Å². The Morgan fingerprint density at radius 2 is 2.33 bits per heavy atom. The molecule has 0 aliphatic rings. The number of anilines is 1. The average Bonchev–Trinajstić information content (AvgIpc) is 3.04. The molecule has 0 bridgehead atoms. The Morgan fingerprint density at radius 1 is 1.57 bits per heavy atom. The lowest BCUT2D eigenvalue weighted by Gasteiger charge is -2.01. The number of hydrogen-bond donors (Lipinski definition) is 2. The van der Waals surface area contributed by atoms with Crippen LogP contribution in [0.15, 0.2) is 11.5 Å². The molecule has 7 nitrogen and oxygen atoms in total. The summed E-state index contributed by atoms with van der Waals surface area (Å²) in [7, 11) is 0. The molecule has 2 N–H and O–H groups in total. The van der Waals surface area contributed by atoms with Gasteiger partial charge in [0, 0.05) is 0 Å². The summed E-state index contributed by atoms with van der Waals surface area (Å²) in [6, 6.07) is 2.02. The van der Waals surface area contributed by atoms with E-state index in [0.717, 1.165) is 11.3 Å². The van der Waals surface area contributed by atoms with Gasteiger partial charge in [0.1, 0.15) is 17.4 Å². The summed E-state index contributed by atoms with van der Waals surface area (Å²) in [5, 5.41) is 19.1. The Hall–Kier alpha value is -2.18. The summed E-state index contributed by atoms with van der Waals surface area (Å²) >= 11 is 2.32. The number of thioether (sulfide) groups is 1. The van der Waals surface area contributed by atoms with Crippen molar-refractivity contribution < 1.29 is 9.59 Å². The molecule has 1 amide bonds. The fourth-order valence-electron chi connectivity index (χ4n) is 1.63. The van der Waals surface area contributed by atoms with Gasteiger partial charge in [0.25, 0.3) is 0 Å². The van der Waals surface area contributed by atoms with Crippen LogP contribution in [0.3, 0.4) is 0 Å². The third kappa shape index (κ3) is 3.48. The Morgan fingerprint density at radius 3 is 2.90 bits per heavy atom. The predicted octanol–water partition coefficient (Wildman–Crippen LogP) is 1.98. The maximum absolute atomic E-state index is 11.9. The van der Waals surface area contributed by atoms with E-state index < -0.39 is 0 Å². The van der Waals surface area contributed by atoms with Gasteiger partial charge in [-0.15, -0.1) is 11.3 Å². The van der Waals surface area contributed by atoms with Crippen molar-refractivity contribution in [2.75, 3.05) is 11.1 Å². The molecule has 2 heterocycles. The fraction of sp³-hybridized carbons (Fsp3) is 0.250. The predicted molar refractivity (Wildman–Crippen MR) is 79.5 cm³/mol. The number of carbonyl (C=O) groups excluding carboxylic acids is 2. The smallest absolute Gasteiger partial charge is 0.235 e. The largest absolute Gasteiger partial charge is 0.316 e. The zero-order valence-electron chi connectivity index (χ0n) is 11.3. The minimum Gasteiger partial charge on any atom is -0.316 e. The van der Waals surface area contributed by atoms with Crippen LogP contribution in [-0.2, 0) is 4.79 Å². The van der Waals surface area contributed by atoms with E-state index in [2.05, 4.69) is 20.5 Å². The third-order valence-electron chi connectivity index (χ3n) is 2.56. The van der Waals surface area contributed by atoms with Gasteiger partial charge in [-0.05, 0) is 19.4 Å². The van der Waals surface area contributed by atoms with Crippen LogP contribution in [0.4, 0.5) is 5.00 Å². The van der Waals surface area contributed by atoms with Crippen molar-refractivity contribution in [3.05, 3.63) is 22.3 Å². The monoisotopic (exact) mass is 321 g/mol. The van der Waals surface area contributed by atoms with Crippen molar-refractivity contribution in [2.45, 2.75) is 19.0 Å².